The van der Waals surface area contributed by atoms with Crippen molar-refractivity contribution in [1.29, 1.82) is 0 Å². The van der Waals surface area contributed by atoms with Crippen molar-refractivity contribution in [3.8, 4) is 0 Å². The fourth-order valence-electron chi connectivity index (χ4n) is 5.72. The second kappa shape index (κ2) is 12.0. The Morgan fingerprint density at radius 1 is 0.953 bits per heavy atom. The van der Waals surface area contributed by atoms with Gasteiger partial charge in [0.05, 0.1) is 6.42 Å². The van der Waals surface area contributed by atoms with Crippen molar-refractivity contribution in [2.24, 2.45) is 0 Å². The lowest BCUT2D eigenvalue weighted by Crippen LogP contribution is -2.80. The topological polar surface area (TPSA) is 95.9 Å². The van der Waals surface area contributed by atoms with Crippen molar-refractivity contribution < 1.29 is 24.2 Å². The average molecular weight is 629 g/mol. The highest BCUT2D eigenvalue weighted by Gasteiger charge is 2.66. The number of aliphatic carboxylic acids is 1. The Bertz CT molecular complexity index is 1640. The summed E-state index contributed by atoms with van der Waals surface area (Å²) < 4.78 is 5.66. The highest BCUT2D eigenvalue weighted by Crippen LogP contribution is 2.50. The van der Waals surface area contributed by atoms with Gasteiger partial charge in [0.2, 0.25) is 5.91 Å². The van der Waals surface area contributed by atoms with Crippen molar-refractivity contribution in [2.75, 3.05) is 12.9 Å². The van der Waals surface area contributed by atoms with E-state index < -0.39 is 29.9 Å². The molecule has 7 nitrogen and oxygen atoms in total. The lowest BCUT2D eigenvalue weighted by Gasteiger charge is -2.55. The Morgan fingerprint density at radius 3 is 1.98 bits per heavy atom. The van der Waals surface area contributed by atoms with E-state index >= 15 is 0 Å². The van der Waals surface area contributed by atoms with Crippen LogP contribution in [0.4, 0.5) is 0 Å². The zero-order valence-electron chi connectivity index (χ0n) is 23.3. The smallest absolute Gasteiger partial charge is 0.352 e. The predicted molar refractivity (Wildman–Crippen MR) is 175 cm³/mol. The maximum atomic E-state index is 13.8. The molecule has 1 saturated heterocycles. The Morgan fingerprint density at radius 2 is 1.51 bits per heavy atom. The van der Waals surface area contributed by atoms with E-state index in [1.54, 1.807) is 0 Å². The first-order valence-corrected chi connectivity index (χ1v) is 17.4. The molecule has 0 unspecified atom stereocenters. The van der Waals surface area contributed by atoms with Crippen LogP contribution in [0.3, 0.4) is 0 Å². The third-order valence-electron chi connectivity index (χ3n) is 7.67. The summed E-state index contributed by atoms with van der Waals surface area (Å²) in [6.07, 6.45) is 0.103. The molecule has 0 bridgehead atoms. The van der Waals surface area contributed by atoms with Crippen molar-refractivity contribution in [1.82, 2.24) is 10.2 Å². The van der Waals surface area contributed by atoms with Crippen molar-refractivity contribution in [2.45, 2.75) is 17.5 Å². The number of carboxylic acid groups (broad SMARTS) is 1. The number of benzene rings is 3. The van der Waals surface area contributed by atoms with Gasteiger partial charge in [-0.2, -0.15) is 0 Å². The van der Waals surface area contributed by atoms with Gasteiger partial charge in [-0.3, -0.25) is 14.5 Å². The van der Waals surface area contributed by atoms with E-state index in [9.17, 15) is 19.5 Å². The summed E-state index contributed by atoms with van der Waals surface area (Å²) in [5, 5.41) is 17.7. The van der Waals surface area contributed by atoms with Gasteiger partial charge in [-0.1, -0.05) is 97.1 Å². The van der Waals surface area contributed by atoms with Gasteiger partial charge in [-0.25, -0.2) is 4.79 Å². The van der Waals surface area contributed by atoms with Crippen LogP contribution in [0.25, 0.3) is 0 Å². The van der Waals surface area contributed by atoms with Crippen LogP contribution in [0.2, 0.25) is 0 Å². The highest BCUT2D eigenvalue weighted by atomic mass is 32.2. The van der Waals surface area contributed by atoms with Crippen LogP contribution in [0.1, 0.15) is 4.88 Å². The number of methoxy groups -OCH3 is 1. The minimum Gasteiger partial charge on any atom is -0.477 e. The molecule has 0 spiro atoms. The molecule has 3 aromatic carbocycles. The molecule has 2 amide bonds. The van der Waals surface area contributed by atoms with Crippen LogP contribution in [0, 0.1) is 0 Å². The van der Waals surface area contributed by atoms with E-state index in [2.05, 4.69) is 47.5 Å². The third-order valence-corrected chi connectivity index (χ3v) is 13.9. The lowest BCUT2D eigenvalue weighted by molar-refractivity contribution is -0.192. The number of hydrogen-bond acceptors (Lipinski definition) is 6. The number of amides is 2. The molecule has 0 radical (unpaired) electrons. The average Bonchev–Trinajstić information content (AvgIpc) is 3.56. The molecule has 3 heterocycles. The SMILES string of the molecule is CO[C@@]1(NC(=O)Cc2cccs2)C(=O)N2C(C(=O)O)=C(C=P(c3ccccc3)(c3ccccc3)c3ccccc3)CS[C@H]21. The van der Waals surface area contributed by atoms with Crippen LogP contribution in [0.15, 0.2) is 120 Å². The normalized spacial score (nSPS) is 19.8. The number of β-lactam (4-membered cyclic amide) rings is 1. The zero-order chi connectivity index (χ0) is 30.0. The van der Waals surface area contributed by atoms with E-state index in [4.69, 9.17) is 4.74 Å². The summed E-state index contributed by atoms with van der Waals surface area (Å²) in [4.78, 5) is 41.8. The summed E-state index contributed by atoms with van der Waals surface area (Å²) in [5.74, 6) is 0.244. The summed E-state index contributed by atoms with van der Waals surface area (Å²) in [6.45, 7) is -2.53. The predicted octanol–water partition coefficient (Wildman–Crippen LogP) is 3.80. The van der Waals surface area contributed by atoms with Crippen LogP contribution in [-0.4, -0.2) is 57.5 Å². The number of ether oxygens (including phenoxy) is 1. The Labute approximate surface area is 258 Å². The lowest BCUT2D eigenvalue weighted by atomic mass is 9.98. The Balaban J connectivity index is 1.50. The van der Waals surface area contributed by atoms with Gasteiger partial charge in [0.25, 0.3) is 11.6 Å². The number of carbonyl (C=O) groups excluding carboxylic acids is 2. The van der Waals surface area contributed by atoms with Crippen LogP contribution in [0.5, 0.6) is 0 Å². The van der Waals surface area contributed by atoms with Crippen molar-refractivity contribution in [3.05, 3.63) is 125 Å². The van der Waals surface area contributed by atoms with E-state index in [0.29, 0.717) is 11.3 Å². The number of carbonyl (C=O) groups is 3. The van der Waals surface area contributed by atoms with Gasteiger partial charge in [-0.05, 0) is 45.6 Å². The minimum atomic E-state index is -2.53. The first-order chi connectivity index (χ1) is 20.9. The molecule has 1 fully saturated rings. The fraction of sp³-hybridized carbons (Fsp3) is 0.152. The second-order valence-electron chi connectivity index (χ2n) is 10.1. The van der Waals surface area contributed by atoms with Crippen molar-refractivity contribution >= 4 is 69.5 Å². The third kappa shape index (κ3) is 5.06. The number of fused-ring (bicyclic) bond motifs is 1. The standard InChI is InChI=1S/C33H29N2O5PS2/c1-40-33(34-28(36)20-27-18-11-19-42-27)31(39)35-29(30(37)38)23(22-43-32(33)35)21-41(24-12-5-2-6-13-24,25-14-7-3-8-15-25)26-16-9-4-10-17-26/h2-19,21,32H,20,22H2,1H3,(H,34,36)(H,37,38)/t32-,33-/m0/s1. The molecule has 1 aromatic heterocycles. The van der Waals surface area contributed by atoms with Crippen LogP contribution < -0.4 is 21.2 Å². The van der Waals surface area contributed by atoms with Gasteiger partial charge in [0, 0.05) is 17.7 Å². The van der Waals surface area contributed by atoms with Crippen molar-refractivity contribution in [3.63, 3.8) is 0 Å². The van der Waals surface area contributed by atoms with Gasteiger partial charge < -0.3 is 15.2 Å². The molecule has 0 aliphatic carbocycles. The van der Waals surface area contributed by atoms with Gasteiger partial charge in [-0.15, -0.1) is 23.1 Å². The number of nitrogens with zero attached hydrogens (tertiary/aromatic N) is 1. The molecule has 2 atom stereocenters. The fourth-order valence-corrected chi connectivity index (χ4v) is 11.9. The Kier molecular flexibility index (Phi) is 8.16. The van der Waals surface area contributed by atoms with Crippen LogP contribution in [-0.2, 0) is 25.5 Å². The number of thioether (sulfide) groups is 1. The van der Waals surface area contributed by atoms with Gasteiger partial charge in [0.15, 0.2) is 0 Å². The summed E-state index contributed by atoms with van der Waals surface area (Å²) in [5.41, 5.74) is -1.17. The second-order valence-corrected chi connectivity index (χ2v) is 15.5. The van der Waals surface area contributed by atoms with E-state index in [1.807, 2.05) is 72.1 Å². The monoisotopic (exact) mass is 628 g/mol. The summed E-state index contributed by atoms with van der Waals surface area (Å²) >= 11 is 2.84. The number of thiophene rings is 1. The molecule has 0 saturated carbocycles. The summed E-state index contributed by atoms with van der Waals surface area (Å²) in [6, 6.07) is 34.0. The molecular formula is C33H29N2O5PS2. The Hall–Kier alpha value is -3.88. The number of rotatable bonds is 9. The minimum absolute atomic E-state index is 0.0823. The van der Waals surface area contributed by atoms with E-state index in [1.165, 1.54) is 35.1 Å². The largest absolute Gasteiger partial charge is 0.477 e. The quantitative estimate of drug-likeness (QED) is 0.166. The molecule has 10 heteroatoms. The van der Waals surface area contributed by atoms with Crippen LogP contribution >= 0.6 is 30.0 Å². The first-order valence-electron chi connectivity index (χ1n) is 13.6. The molecule has 2 aliphatic heterocycles. The summed E-state index contributed by atoms with van der Waals surface area (Å²) in [7, 11) is 1.36. The van der Waals surface area contributed by atoms with Gasteiger partial charge in [0.1, 0.15) is 11.1 Å². The molecule has 218 valence electrons. The molecule has 6 rings (SSSR count). The number of carboxylic acids is 1. The van der Waals surface area contributed by atoms with E-state index in [-0.39, 0.29) is 18.0 Å². The molecule has 2 N–H and O–H groups in total. The molecule has 4 aromatic rings. The maximum absolute atomic E-state index is 13.8. The molecular weight excluding hydrogens is 599 g/mol. The highest BCUT2D eigenvalue weighted by molar-refractivity contribution is 8.00. The van der Waals surface area contributed by atoms with E-state index in [0.717, 1.165) is 20.8 Å². The first kappa shape index (κ1) is 29.2. The molecule has 2 aliphatic rings. The molecule has 43 heavy (non-hydrogen) atoms. The number of hydrogen-bond donors (Lipinski definition) is 2. The maximum Gasteiger partial charge on any atom is 0.352 e. The van der Waals surface area contributed by atoms with Gasteiger partial charge >= 0.3 is 5.97 Å². The zero-order valence-corrected chi connectivity index (χ0v) is 25.8. The number of nitrogens with one attached hydrogen (secondary N) is 1.